The molecule has 1 unspecified atom stereocenters. The molecule has 1 atom stereocenters. The van der Waals surface area contributed by atoms with Gasteiger partial charge in [0.05, 0.1) is 5.69 Å². The molecule has 5 heteroatoms. The fourth-order valence-electron chi connectivity index (χ4n) is 2.14. The highest BCUT2D eigenvalue weighted by Gasteiger charge is 2.13. The Labute approximate surface area is 109 Å². The van der Waals surface area contributed by atoms with Gasteiger partial charge in [-0.15, -0.1) is 0 Å². The molecule has 0 bridgehead atoms. The maximum Gasteiger partial charge on any atom is 0.269 e. The molecule has 1 aromatic rings. The van der Waals surface area contributed by atoms with Gasteiger partial charge < -0.3 is 11.1 Å². The average molecular weight is 252 g/mol. The number of nitrogens with two attached hydrogens (primary N) is 1. The van der Waals surface area contributed by atoms with Crippen molar-refractivity contribution >= 4 is 5.91 Å². The summed E-state index contributed by atoms with van der Waals surface area (Å²) in [5.74, 6) is 0.412. The van der Waals surface area contributed by atoms with Crippen LogP contribution in [0.4, 0.5) is 0 Å². The lowest BCUT2D eigenvalue weighted by molar-refractivity contribution is 0.0936. The SMILES string of the molecule is CCCC(CCN)CNC(=O)c1cc(C)nn1C. The van der Waals surface area contributed by atoms with Gasteiger partial charge in [0, 0.05) is 13.6 Å². The minimum absolute atomic E-state index is 0.0591. The number of carbonyl (C=O) groups excluding carboxylic acids is 1. The third-order valence-corrected chi connectivity index (χ3v) is 3.06. The van der Waals surface area contributed by atoms with Crippen molar-refractivity contribution < 1.29 is 4.79 Å². The van der Waals surface area contributed by atoms with Crippen molar-refractivity contribution in [2.24, 2.45) is 18.7 Å². The Bertz CT molecular complexity index is 380. The summed E-state index contributed by atoms with van der Waals surface area (Å²) in [4.78, 5) is 12.0. The van der Waals surface area contributed by atoms with Gasteiger partial charge in [0.1, 0.15) is 5.69 Å². The molecule has 1 aromatic heterocycles. The van der Waals surface area contributed by atoms with Gasteiger partial charge in [-0.25, -0.2) is 0 Å². The van der Waals surface area contributed by atoms with Crippen molar-refractivity contribution in [1.82, 2.24) is 15.1 Å². The number of nitrogens with one attached hydrogen (secondary N) is 1. The molecule has 0 spiro atoms. The summed E-state index contributed by atoms with van der Waals surface area (Å²) in [6.07, 6.45) is 3.17. The van der Waals surface area contributed by atoms with Crippen LogP contribution in [0.3, 0.4) is 0 Å². The number of aromatic nitrogens is 2. The van der Waals surface area contributed by atoms with Crippen LogP contribution in [-0.2, 0) is 7.05 Å². The van der Waals surface area contributed by atoms with Crippen LogP contribution in [0.25, 0.3) is 0 Å². The van der Waals surface area contributed by atoms with Gasteiger partial charge in [0.25, 0.3) is 5.91 Å². The molecule has 0 aliphatic rings. The molecule has 0 fully saturated rings. The zero-order valence-corrected chi connectivity index (χ0v) is 11.6. The quantitative estimate of drug-likeness (QED) is 0.766. The van der Waals surface area contributed by atoms with Gasteiger partial charge in [0.15, 0.2) is 0 Å². The van der Waals surface area contributed by atoms with Crippen LogP contribution in [0, 0.1) is 12.8 Å². The minimum atomic E-state index is -0.0591. The van der Waals surface area contributed by atoms with E-state index in [0.29, 0.717) is 24.7 Å². The van der Waals surface area contributed by atoms with Crippen LogP contribution >= 0.6 is 0 Å². The summed E-state index contributed by atoms with van der Waals surface area (Å²) in [6.45, 7) is 5.39. The monoisotopic (exact) mass is 252 g/mol. The summed E-state index contributed by atoms with van der Waals surface area (Å²) >= 11 is 0. The first-order valence-corrected chi connectivity index (χ1v) is 6.57. The van der Waals surface area contributed by atoms with E-state index in [-0.39, 0.29) is 5.91 Å². The van der Waals surface area contributed by atoms with Crippen LogP contribution in [-0.4, -0.2) is 28.8 Å². The van der Waals surface area contributed by atoms with Gasteiger partial charge in [-0.05, 0) is 38.3 Å². The maximum absolute atomic E-state index is 12.0. The standard InChI is InChI=1S/C13H24N4O/c1-4-5-11(6-7-14)9-15-13(18)12-8-10(2)16-17(12)3/h8,11H,4-7,9,14H2,1-3H3,(H,15,18). The normalized spacial score (nSPS) is 12.4. The van der Waals surface area contributed by atoms with Crippen molar-refractivity contribution in [3.05, 3.63) is 17.5 Å². The minimum Gasteiger partial charge on any atom is -0.350 e. The first kappa shape index (κ1) is 14.7. The molecule has 1 amide bonds. The predicted octanol–water partition coefficient (Wildman–Crippen LogP) is 1.22. The lowest BCUT2D eigenvalue weighted by Gasteiger charge is -2.15. The second-order valence-electron chi connectivity index (χ2n) is 4.74. The van der Waals surface area contributed by atoms with Crippen LogP contribution < -0.4 is 11.1 Å². The third-order valence-electron chi connectivity index (χ3n) is 3.06. The van der Waals surface area contributed by atoms with Gasteiger partial charge in [-0.1, -0.05) is 13.3 Å². The maximum atomic E-state index is 12.0. The van der Waals surface area contributed by atoms with E-state index in [1.165, 1.54) is 0 Å². The van der Waals surface area contributed by atoms with Crippen LogP contribution in [0.1, 0.15) is 42.4 Å². The van der Waals surface area contributed by atoms with E-state index < -0.39 is 0 Å². The number of hydrogen-bond donors (Lipinski definition) is 2. The van der Waals surface area contributed by atoms with Crippen molar-refractivity contribution in [2.75, 3.05) is 13.1 Å². The fourth-order valence-corrected chi connectivity index (χ4v) is 2.14. The third kappa shape index (κ3) is 4.14. The van der Waals surface area contributed by atoms with Crippen molar-refractivity contribution in [2.45, 2.75) is 33.1 Å². The molecular weight excluding hydrogens is 228 g/mol. The summed E-state index contributed by atoms with van der Waals surface area (Å²) in [5, 5.41) is 7.14. The fraction of sp³-hybridized carbons (Fsp3) is 0.692. The van der Waals surface area contributed by atoms with E-state index in [9.17, 15) is 4.79 Å². The summed E-state index contributed by atoms with van der Waals surface area (Å²) in [6, 6.07) is 1.80. The molecule has 102 valence electrons. The van der Waals surface area contributed by atoms with E-state index in [1.807, 2.05) is 6.92 Å². The molecule has 0 aliphatic carbocycles. The van der Waals surface area contributed by atoms with Crippen LogP contribution in [0.5, 0.6) is 0 Å². The number of aryl methyl sites for hydroxylation is 2. The average Bonchev–Trinajstić information content (AvgIpc) is 2.65. The zero-order valence-electron chi connectivity index (χ0n) is 11.6. The zero-order chi connectivity index (χ0) is 13.5. The Kier molecular flexibility index (Phi) is 5.85. The van der Waals surface area contributed by atoms with E-state index in [4.69, 9.17) is 5.73 Å². The number of amides is 1. The lowest BCUT2D eigenvalue weighted by Crippen LogP contribution is -2.31. The van der Waals surface area contributed by atoms with E-state index in [0.717, 1.165) is 25.0 Å². The molecule has 0 saturated carbocycles. The molecule has 0 aromatic carbocycles. The lowest BCUT2D eigenvalue weighted by atomic mass is 10.00. The Morgan fingerprint density at radius 3 is 2.78 bits per heavy atom. The van der Waals surface area contributed by atoms with Crippen molar-refractivity contribution in [3.8, 4) is 0 Å². The summed E-state index contributed by atoms with van der Waals surface area (Å²) < 4.78 is 1.61. The van der Waals surface area contributed by atoms with Gasteiger partial charge in [-0.2, -0.15) is 5.10 Å². The molecule has 0 radical (unpaired) electrons. The van der Waals surface area contributed by atoms with Gasteiger partial charge in [-0.3, -0.25) is 9.48 Å². The number of hydrogen-bond acceptors (Lipinski definition) is 3. The summed E-state index contributed by atoms with van der Waals surface area (Å²) in [5.41, 5.74) is 7.04. The first-order chi connectivity index (χ1) is 8.58. The molecule has 5 nitrogen and oxygen atoms in total. The molecule has 18 heavy (non-hydrogen) atoms. The van der Waals surface area contributed by atoms with Gasteiger partial charge in [0.2, 0.25) is 0 Å². The topological polar surface area (TPSA) is 72.9 Å². The highest BCUT2D eigenvalue weighted by atomic mass is 16.2. The number of nitrogens with zero attached hydrogens (tertiary/aromatic N) is 2. The summed E-state index contributed by atoms with van der Waals surface area (Å²) in [7, 11) is 1.78. The highest BCUT2D eigenvalue weighted by molar-refractivity contribution is 5.92. The van der Waals surface area contributed by atoms with Crippen LogP contribution in [0.15, 0.2) is 6.07 Å². The van der Waals surface area contributed by atoms with E-state index in [2.05, 4.69) is 17.3 Å². The predicted molar refractivity (Wildman–Crippen MR) is 72.3 cm³/mol. The largest absolute Gasteiger partial charge is 0.350 e. The Morgan fingerprint density at radius 2 is 2.28 bits per heavy atom. The Balaban J connectivity index is 2.51. The molecule has 0 aliphatic heterocycles. The van der Waals surface area contributed by atoms with Crippen molar-refractivity contribution in [3.63, 3.8) is 0 Å². The Morgan fingerprint density at radius 1 is 1.56 bits per heavy atom. The number of carbonyl (C=O) groups is 1. The van der Waals surface area contributed by atoms with E-state index >= 15 is 0 Å². The van der Waals surface area contributed by atoms with Gasteiger partial charge >= 0.3 is 0 Å². The smallest absolute Gasteiger partial charge is 0.269 e. The van der Waals surface area contributed by atoms with Crippen molar-refractivity contribution in [1.29, 1.82) is 0 Å². The second kappa shape index (κ2) is 7.16. The molecule has 1 rings (SSSR count). The first-order valence-electron chi connectivity index (χ1n) is 6.57. The highest BCUT2D eigenvalue weighted by Crippen LogP contribution is 2.09. The molecular formula is C13H24N4O. The number of rotatable bonds is 7. The Hall–Kier alpha value is -1.36. The molecule has 3 N–H and O–H groups in total. The van der Waals surface area contributed by atoms with Crippen LogP contribution in [0.2, 0.25) is 0 Å². The second-order valence-corrected chi connectivity index (χ2v) is 4.74. The van der Waals surface area contributed by atoms with E-state index in [1.54, 1.807) is 17.8 Å². The molecule has 0 saturated heterocycles. The molecule has 1 heterocycles.